The van der Waals surface area contributed by atoms with Gasteiger partial charge in [0.1, 0.15) is 0 Å². The van der Waals surface area contributed by atoms with Crippen LogP contribution in [0.3, 0.4) is 0 Å². The number of hydrogen-bond donors (Lipinski definition) is 1. The summed E-state index contributed by atoms with van der Waals surface area (Å²) in [6, 6.07) is 4.04. The first-order valence-electron chi connectivity index (χ1n) is 7.83. The maximum absolute atomic E-state index is 14.0. The number of carbonyl (C=O) groups is 1. The van der Waals surface area contributed by atoms with Gasteiger partial charge >= 0.3 is 6.03 Å². The summed E-state index contributed by atoms with van der Waals surface area (Å²) in [7, 11) is 0. The first-order valence-corrected chi connectivity index (χ1v) is 8.58. The normalized spacial score (nSPS) is 21.2. The zero-order valence-electron chi connectivity index (χ0n) is 12.9. The Labute approximate surface area is 152 Å². The second-order valence-corrected chi connectivity index (χ2v) is 7.03. The molecule has 3 heterocycles. The van der Waals surface area contributed by atoms with Crippen LogP contribution in [0.2, 0.25) is 10.0 Å². The molecule has 2 aromatic rings. The molecule has 1 aromatic carbocycles. The fraction of sp³-hybridized carbons (Fsp3) is 0.294. The number of aromatic nitrogens is 1. The fourth-order valence-electron chi connectivity index (χ4n) is 3.70. The lowest BCUT2D eigenvalue weighted by Gasteiger charge is -2.36. The molecule has 2 aliphatic rings. The van der Waals surface area contributed by atoms with Gasteiger partial charge in [0.05, 0.1) is 16.1 Å². The third-order valence-electron chi connectivity index (χ3n) is 4.82. The van der Waals surface area contributed by atoms with E-state index in [-0.39, 0.29) is 24.5 Å². The predicted octanol–water partition coefficient (Wildman–Crippen LogP) is 4.96. The van der Waals surface area contributed by atoms with Gasteiger partial charge in [0.2, 0.25) is 5.95 Å². The fourth-order valence-corrected chi connectivity index (χ4v) is 4.00. The maximum Gasteiger partial charge on any atom is 0.322 e. The maximum atomic E-state index is 14.0. The van der Waals surface area contributed by atoms with Crippen molar-refractivity contribution in [3.63, 3.8) is 0 Å². The molecule has 2 bridgehead atoms. The molecule has 2 atom stereocenters. The summed E-state index contributed by atoms with van der Waals surface area (Å²) >= 11 is 11.8. The summed E-state index contributed by atoms with van der Waals surface area (Å²) in [4.78, 5) is 17.9. The Morgan fingerprint density at radius 3 is 2.80 bits per heavy atom. The Balaban J connectivity index is 1.62. The van der Waals surface area contributed by atoms with E-state index in [2.05, 4.69) is 10.3 Å². The van der Waals surface area contributed by atoms with Crippen molar-refractivity contribution < 1.29 is 13.6 Å². The van der Waals surface area contributed by atoms with Crippen molar-refractivity contribution in [2.75, 3.05) is 5.32 Å². The molecule has 4 nitrogen and oxygen atoms in total. The Kier molecular flexibility index (Phi) is 4.04. The van der Waals surface area contributed by atoms with E-state index >= 15 is 0 Å². The topological polar surface area (TPSA) is 45.2 Å². The van der Waals surface area contributed by atoms with E-state index in [4.69, 9.17) is 23.2 Å². The van der Waals surface area contributed by atoms with Crippen LogP contribution in [0.4, 0.5) is 19.3 Å². The zero-order valence-corrected chi connectivity index (χ0v) is 14.4. The number of rotatable bonds is 1. The smallest absolute Gasteiger partial charge is 0.314 e. The molecular formula is C17H13Cl2F2N3O. The van der Waals surface area contributed by atoms with Crippen molar-refractivity contribution in [1.82, 2.24) is 9.88 Å². The molecule has 0 unspecified atom stereocenters. The highest BCUT2D eigenvalue weighted by Crippen LogP contribution is 2.44. The summed E-state index contributed by atoms with van der Waals surface area (Å²) in [5, 5.41) is 3.53. The number of amides is 2. The van der Waals surface area contributed by atoms with Crippen LogP contribution >= 0.6 is 23.2 Å². The van der Waals surface area contributed by atoms with Gasteiger partial charge in [0, 0.05) is 23.5 Å². The number of halogens is 4. The molecule has 1 fully saturated rings. The van der Waals surface area contributed by atoms with Gasteiger partial charge in [-0.05, 0) is 43.0 Å². The largest absolute Gasteiger partial charge is 0.322 e. The average Bonchev–Trinajstić information content (AvgIpc) is 2.90. The van der Waals surface area contributed by atoms with Gasteiger partial charge < -0.3 is 10.2 Å². The van der Waals surface area contributed by atoms with Crippen LogP contribution < -0.4 is 5.32 Å². The number of nitrogens with zero attached hydrogens (tertiary/aromatic N) is 2. The minimum Gasteiger partial charge on any atom is -0.314 e. The van der Waals surface area contributed by atoms with Gasteiger partial charge in [-0.2, -0.15) is 4.39 Å². The van der Waals surface area contributed by atoms with Crippen molar-refractivity contribution in [1.29, 1.82) is 0 Å². The van der Waals surface area contributed by atoms with Crippen LogP contribution in [-0.2, 0) is 6.42 Å². The number of nitrogens with one attached hydrogen (secondary N) is 1. The van der Waals surface area contributed by atoms with E-state index in [1.165, 1.54) is 6.20 Å². The summed E-state index contributed by atoms with van der Waals surface area (Å²) in [6.07, 6.45) is 3.04. The molecule has 2 amide bonds. The van der Waals surface area contributed by atoms with Crippen molar-refractivity contribution in [3.05, 3.63) is 57.3 Å². The minimum atomic E-state index is -1.09. The molecular weight excluding hydrogens is 371 g/mol. The monoisotopic (exact) mass is 383 g/mol. The Hall–Kier alpha value is -1.92. The van der Waals surface area contributed by atoms with Gasteiger partial charge in [-0.3, -0.25) is 0 Å². The molecule has 0 spiro atoms. The average molecular weight is 384 g/mol. The highest BCUT2D eigenvalue weighted by Gasteiger charge is 2.44. The Bertz CT molecular complexity index is 877. The Morgan fingerprint density at radius 2 is 2.04 bits per heavy atom. The number of benzene rings is 1. The third kappa shape index (κ3) is 2.73. The van der Waals surface area contributed by atoms with Crippen molar-refractivity contribution in [3.8, 4) is 0 Å². The van der Waals surface area contributed by atoms with Crippen molar-refractivity contribution in [2.45, 2.75) is 31.3 Å². The minimum absolute atomic E-state index is 0.170. The van der Waals surface area contributed by atoms with Crippen LogP contribution in [0.15, 0.2) is 24.4 Å². The number of fused-ring (bicyclic) bond motifs is 4. The van der Waals surface area contributed by atoms with E-state index in [1.807, 2.05) is 0 Å². The van der Waals surface area contributed by atoms with Crippen LogP contribution in [0.5, 0.6) is 0 Å². The lowest BCUT2D eigenvalue weighted by atomic mass is 9.95. The first-order chi connectivity index (χ1) is 12.0. The summed E-state index contributed by atoms with van der Waals surface area (Å²) in [6.45, 7) is 0. The molecule has 0 saturated carbocycles. The second-order valence-electron chi connectivity index (χ2n) is 6.21. The molecule has 0 radical (unpaired) electrons. The van der Waals surface area contributed by atoms with Crippen LogP contribution in [0.25, 0.3) is 0 Å². The number of anilines is 1. The lowest BCUT2D eigenvalue weighted by Crippen LogP contribution is -2.44. The Morgan fingerprint density at radius 1 is 1.24 bits per heavy atom. The standard InChI is InChI=1S/C17H13Cl2F2N3O/c18-12-3-1-8(5-13(12)19)23-17(25)24-9-2-4-14(24)11-7-22-16(21)15(20)10(11)6-9/h1,3,5,7,9,14H,2,4,6H2,(H,23,25)/t9-,14+/m0/s1. The zero-order chi connectivity index (χ0) is 17.7. The van der Waals surface area contributed by atoms with Crippen LogP contribution in [-0.4, -0.2) is 22.0 Å². The van der Waals surface area contributed by atoms with Gasteiger partial charge in [-0.1, -0.05) is 23.2 Å². The van der Waals surface area contributed by atoms with Crippen molar-refractivity contribution in [2.24, 2.45) is 0 Å². The number of hydrogen-bond acceptors (Lipinski definition) is 2. The van der Waals surface area contributed by atoms with Gasteiger partial charge in [0.15, 0.2) is 5.82 Å². The molecule has 130 valence electrons. The summed E-state index contributed by atoms with van der Waals surface area (Å²) in [5.74, 6) is -1.99. The van der Waals surface area contributed by atoms with Crippen molar-refractivity contribution >= 4 is 34.9 Å². The molecule has 1 N–H and O–H groups in total. The molecule has 25 heavy (non-hydrogen) atoms. The molecule has 2 aliphatic heterocycles. The van der Waals surface area contributed by atoms with E-state index < -0.39 is 11.8 Å². The summed E-state index contributed by atoms with van der Waals surface area (Å²) in [5.41, 5.74) is 1.43. The van der Waals surface area contributed by atoms with Gasteiger partial charge in [-0.15, -0.1) is 0 Å². The first kappa shape index (κ1) is 16.5. The van der Waals surface area contributed by atoms with E-state index in [0.29, 0.717) is 33.3 Å². The lowest BCUT2D eigenvalue weighted by molar-refractivity contribution is 0.177. The van der Waals surface area contributed by atoms with Gasteiger partial charge in [-0.25, -0.2) is 14.2 Å². The quantitative estimate of drug-likeness (QED) is 0.707. The van der Waals surface area contributed by atoms with Crippen LogP contribution in [0, 0.1) is 11.8 Å². The van der Waals surface area contributed by atoms with E-state index in [9.17, 15) is 13.6 Å². The number of pyridine rings is 1. The van der Waals surface area contributed by atoms with Crippen LogP contribution in [0.1, 0.15) is 30.0 Å². The molecule has 8 heteroatoms. The third-order valence-corrected chi connectivity index (χ3v) is 5.56. The molecule has 1 saturated heterocycles. The summed E-state index contributed by atoms with van der Waals surface area (Å²) < 4.78 is 27.4. The second kappa shape index (κ2) is 6.11. The number of carbonyl (C=O) groups excluding carboxylic acids is 1. The SMILES string of the molecule is O=C(Nc1ccc(Cl)c(Cl)c1)N1[C@H]2CC[C@@H]1c1cnc(F)c(F)c1C2. The predicted molar refractivity (Wildman–Crippen MR) is 90.9 cm³/mol. The van der Waals surface area contributed by atoms with E-state index in [1.54, 1.807) is 23.1 Å². The molecule has 4 rings (SSSR count). The molecule has 1 aromatic heterocycles. The number of urea groups is 1. The highest BCUT2D eigenvalue weighted by molar-refractivity contribution is 6.42. The van der Waals surface area contributed by atoms with Gasteiger partial charge in [0.25, 0.3) is 0 Å². The molecule has 0 aliphatic carbocycles. The highest BCUT2D eigenvalue weighted by atomic mass is 35.5. The van der Waals surface area contributed by atoms with E-state index in [0.717, 1.165) is 6.42 Å².